The molecule has 0 aliphatic rings. The lowest BCUT2D eigenvalue weighted by molar-refractivity contribution is 0.251. The highest BCUT2D eigenvalue weighted by molar-refractivity contribution is 6.30. The van der Waals surface area contributed by atoms with Gasteiger partial charge in [0, 0.05) is 10.7 Å². The molecule has 0 saturated heterocycles. The number of anilines is 1. The first-order chi connectivity index (χ1) is 11.2. The number of para-hydroxylation sites is 1. The number of aromatic nitrogens is 4. The van der Waals surface area contributed by atoms with Crippen LogP contribution in [0.25, 0.3) is 5.69 Å². The number of carbonyl (C=O) groups excluding carboxylic acids is 1. The standard InChI is InChI=1S/C15H13ClN6O/c16-11-6-8-13(9-7-11)22-14(19-20-21-22)10-17-15(23)18-12-4-2-1-3-5-12/h1-9H,10H2,(H2,17,18,23). The van der Waals surface area contributed by atoms with Gasteiger partial charge in [-0.15, -0.1) is 5.10 Å². The predicted octanol–water partition coefficient (Wildman–Crippen LogP) is 2.64. The van der Waals surface area contributed by atoms with E-state index in [1.54, 1.807) is 41.1 Å². The van der Waals surface area contributed by atoms with E-state index < -0.39 is 0 Å². The molecule has 7 nitrogen and oxygen atoms in total. The Morgan fingerprint density at radius 1 is 1.09 bits per heavy atom. The van der Waals surface area contributed by atoms with Crippen LogP contribution in [0.1, 0.15) is 5.82 Å². The summed E-state index contributed by atoms with van der Waals surface area (Å²) in [5.41, 5.74) is 1.47. The van der Waals surface area contributed by atoms with E-state index in [2.05, 4.69) is 26.2 Å². The summed E-state index contributed by atoms with van der Waals surface area (Å²) in [4.78, 5) is 11.9. The Labute approximate surface area is 137 Å². The minimum absolute atomic E-state index is 0.189. The third-order valence-electron chi connectivity index (χ3n) is 3.04. The Bertz CT molecular complexity index is 787. The molecule has 1 aromatic heterocycles. The topological polar surface area (TPSA) is 84.7 Å². The first-order valence-corrected chi connectivity index (χ1v) is 7.23. The molecule has 116 valence electrons. The van der Waals surface area contributed by atoms with Gasteiger partial charge in [-0.25, -0.2) is 4.79 Å². The molecular weight excluding hydrogens is 316 g/mol. The fourth-order valence-electron chi connectivity index (χ4n) is 1.95. The van der Waals surface area contributed by atoms with Crippen LogP contribution < -0.4 is 10.6 Å². The van der Waals surface area contributed by atoms with Gasteiger partial charge in [-0.1, -0.05) is 29.8 Å². The summed E-state index contributed by atoms with van der Waals surface area (Å²) in [7, 11) is 0. The van der Waals surface area contributed by atoms with Crippen molar-refractivity contribution in [3.8, 4) is 5.69 Å². The van der Waals surface area contributed by atoms with E-state index in [0.717, 1.165) is 5.69 Å². The van der Waals surface area contributed by atoms with E-state index in [4.69, 9.17) is 11.6 Å². The summed E-state index contributed by atoms with van der Waals surface area (Å²) in [5, 5.41) is 17.6. The number of halogens is 1. The first-order valence-electron chi connectivity index (χ1n) is 6.85. The number of tetrazole rings is 1. The molecule has 3 rings (SSSR count). The summed E-state index contributed by atoms with van der Waals surface area (Å²) in [5.74, 6) is 0.510. The minimum atomic E-state index is -0.332. The maximum Gasteiger partial charge on any atom is 0.319 e. The summed E-state index contributed by atoms with van der Waals surface area (Å²) in [6, 6.07) is 15.9. The third kappa shape index (κ3) is 3.83. The van der Waals surface area contributed by atoms with Crippen LogP contribution in [0.5, 0.6) is 0 Å². The second-order valence-corrected chi connectivity index (χ2v) is 5.09. The van der Waals surface area contributed by atoms with Crippen molar-refractivity contribution >= 4 is 23.3 Å². The van der Waals surface area contributed by atoms with Gasteiger partial charge in [0.05, 0.1) is 12.2 Å². The molecule has 0 saturated carbocycles. The molecule has 0 bridgehead atoms. The van der Waals surface area contributed by atoms with Crippen LogP contribution in [0.4, 0.5) is 10.5 Å². The van der Waals surface area contributed by atoms with E-state index in [0.29, 0.717) is 16.5 Å². The molecule has 0 unspecified atom stereocenters. The van der Waals surface area contributed by atoms with Crippen molar-refractivity contribution in [1.29, 1.82) is 0 Å². The maximum atomic E-state index is 11.9. The normalized spacial score (nSPS) is 10.3. The smallest absolute Gasteiger partial charge is 0.319 e. The molecule has 8 heteroatoms. The number of amides is 2. The van der Waals surface area contributed by atoms with Crippen LogP contribution >= 0.6 is 11.6 Å². The Morgan fingerprint density at radius 2 is 1.83 bits per heavy atom. The fourth-order valence-corrected chi connectivity index (χ4v) is 2.08. The average molecular weight is 329 g/mol. The summed E-state index contributed by atoms with van der Waals surface area (Å²) >= 11 is 5.87. The number of nitrogens with zero attached hydrogens (tertiary/aromatic N) is 4. The summed E-state index contributed by atoms with van der Waals surface area (Å²) in [6.45, 7) is 0.189. The molecule has 0 aliphatic carbocycles. The zero-order valence-electron chi connectivity index (χ0n) is 12.0. The highest BCUT2D eigenvalue weighted by Crippen LogP contribution is 2.13. The van der Waals surface area contributed by atoms with Crippen molar-refractivity contribution in [2.45, 2.75) is 6.54 Å². The van der Waals surface area contributed by atoms with Crippen LogP contribution in [0.2, 0.25) is 5.02 Å². The molecule has 0 fully saturated rings. The third-order valence-corrected chi connectivity index (χ3v) is 3.30. The second-order valence-electron chi connectivity index (χ2n) is 4.66. The number of hydrogen-bond acceptors (Lipinski definition) is 4. The second kappa shape index (κ2) is 6.89. The average Bonchev–Trinajstić information content (AvgIpc) is 3.03. The van der Waals surface area contributed by atoms with Crippen molar-refractivity contribution in [3.05, 3.63) is 65.4 Å². The maximum absolute atomic E-state index is 11.9. The van der Waals surface area contributed by atoms with Crippen molar-refractivity contribution in [1.82, 2.24) is 25.5 Å². The van der Waals surface area contributed by atoms with Crippen molar-refractivity contribution in [2.24, 2.45) is 0 Å². The highest BCUT2D eigenvalue weighted by atomic mass is 35.5. The van der Waals surface area contributed by atoms with Crippen LogP contribution in [-0.4, -0.2) is 26.2 Å². The molecule has 0 atom stereocenters. The molecule has 0 radical (unpaired) electrons. The lowest BCUT2D eigenvalue weighted by Gasteiger charge is -2.08. The molecule has 3 aromatic rings. The van der Waals surface area contributed by atoms with Crippen LogP contribution in [0, 0.1) is 0 Å². The molecule has 23 heavy (non-hydrogen) atoms. The number of rotatable bonds is 4. The van der Waals surface area contributed by atoms with Crippen molar-refractivity contribution in [3.63, 3.8) is 0 Å². The number of carbonyl (C=O) groups is 1. The molecule has 1 heterocycles. The minimum Gasteiger partial charge on any atom is -0.330 e. The number of urea groups is 1. The lowest BCUT2D eigenvalue weighted by atomic mass is 10.3. The van der Waals surface area contributed by atoms with Crippen molar-refractivity contribution < 1.29 is 4.79 Å². The molecule has 2 N–H and O–H groups in total. The van der Waals surface area contributed by atoms with Gasteiger partial charge in [0.2, 0.25) is 0 Å². The van der Waals surface area contributed by atoms with E-state index in [-0.39, 0.29) is 12.6 Å². The van der Waals surface area contributed by atoms with Crippen molar-refractivity contribution in [2.75, 3.05) is 5.32 Å². The Hall–Kier alpha value is -2.93. The van der Waals surface area contributed by atoms with E-state index in [1.165, 1.54) is 0 Å². The number of nitrogens with one attached hydrogen (secondary N) is 2. The Balaban J connectivity index is 1.64. The van der Waals surface area contributed by atoms with Crippen LogP contribution in [0.15, 0.2) is 54.6 Å². The molecule has 2 aromatic carbocycles. The summed E-state index contributed by atoms with van der Waals surface area (Å²) < 4.78 is 1.54. The van der Waals surface area contributed by atoms with E-state index in [1.807, 2.05) is 18.2 Å². The fraction of sp³-hybridized carbons (Fsp3) is 0.0667. The lowest BCUT2D eigenvalue weighted by Crippen LogP contribution is -2.29. The Morgan fingerprint density at radius 3 is 2.57 bits per heavy atom. The van der Waals surface area contributed by atoms with Crippen LogP contribution in [0.3, 0.4) is 0 Å². The zero-order chi connectivity index (χ0) is 16.1. The van der Waals surface area contributed by atoms with E-state index >= 15 is 0 Å². The van der Waals surface area contributed by atoms with Crippen LogP contribution in [-0.2, 0) is 6.54 Å². The largest absolute Gasteiger partial charge is 0.330 e. The number of benzene rings is 2. The zero-order valence-corrected chi connectivity index (χ0v) is 12.7. The SMILES string of the molecule is O=C(NCc1nnnn1-c1ccc(Cl)cc1)Nc1ccccc1. The predicted molar refractivity (Wildman–Crippen MR) is 86.5 cm³/mol. The quantitative estimate of drug-likeness (QED) is 0.771. The molecule has 2 amide bonds. The Kier molecular flexibility index (Phi) is 4.49. The van der Waals surface area contributed by atoms with E-state index in [9.17, 15) is 4.79 Å². The van der Waals surface area contributed by atoms with Gasteiger partial charge in [-0.2, -0.15) is 4.68 Å². The van der Waals surface area contributed by atoms with Gasteiger partial charge >= 0.3 is 6.03 Å². The molecule has 0 aliphatic heterocycles. The van der Waals surface area contributed by atoms with Gasteiger partial charge in [-0.05, 0) is 46.8 Å². The monoisotopic (exact) mass is 328 g/mol. The first kappa shape index (κ1) is 15.0. The highest BCUT2D eigenvalue weighted by Gasteiger charge is 2.10. The molecule has 0 spiro atoms. The van der Waals surface area contributed by atoms with Gasteiger partial charge in [0.25, 0.3) is 0 Å². The molecular formula is C15H13ClN6O. The summed E-state index contributed by atoms with van der Waals surface area (Å²) in [6.07, 6.45) is 0. The van der Waals surface area contributed by atoms with Gasteiger partial charge < -0.3 is 10.6 Å². The number of hydrogen-bond donors (Lipinski definition) is 2. The van der Waals surface area contributed by atoms with Gasteiger partial charge in [0.1, 0.15) is 0 Å². The van der Waals surface area contributed by atoms with Gasteiger partial charge in [-0.3, -0.25) is 0 Å². The van der Waals surface area contributed by atoms with Gasteiger partial charge in [0.15, 0.2) is 5.82 Å².